The molecular weight excluding hydrogens is 270 g/mol. The van der Waals surface area contributed by atoms with Gasteiger partial charge in [0.2, 0.25) is 0 Å². The first-order chi connectivity index (χ1) is 9.92. The molecule has 1 heterocycles. The second-order valence-electron chi connectivity index (χ2n) is 5.56. The fraction of sp³-hybridized carbons (Fsp3) is 0.562. The van der Waals surface area contributed by atoms with Gasteiger partial charge < -0.3 is 14.6 Å². The predicted molar refractivity (Wildman–Crippen MR) is 80.0 cm³/mol. The number of benzene rings is 1. The summed E-state index contributed by atoms with van der Waals surface area (Å²) in [5.74, 6) is 0.872. The third kappa shape index (κ3) is 3.47. The molecule has 0 saturated heterocycles. The molecule has 0 aliphatic carbocycles. The minimum Gasteiger partial charge on any atom is -0.494 e. The van der Waals surface area contributed by atoms with Crippen molar-refractivity contribution in [2.45, 2.75) is 45.9 Å². The molecule has 0 radical (unpaired) electrons. The van der Waals surface area contributed by atoms with Crippen LogP contribution in [-0.2, 0) is 17.8 Å². The van der Waals surface area contributed by atoms with Gasteiger partial charge in [-0.3, -0.25) is 9.69 Å². The molecule has 1 aromatic rings. The molecule has 0 spiro atoms. The molecule has 2 atom stereocenters. The zero-order chi connectivity index (χ0) is 15.6. The van der Waals surface area contributed by atoms with E-state index >= 15 is 0 Å². The normalized spacial score (nSPS) is 18.2. The number of fused-ring (bicyclic) bond motifs is 1. The molecule has 116 valence electrons. The van der Waals surface area contributed by atoms with E-state index in [1.165, 1.54) is 0 Å². The summed E-state index contributed by atoms with van der Waals surface area (Å²) < 4.78 is 11.5. The fourth-order valence-electron chi connectivity index (χ4n) is 2.49. The molecule has 0 aromatic heterocycles. The average molecular weight is 293 g/mol. The van der Waals surface area contributed by atoms with Gasteiger partial charge in [-0.2, -0.15) is 0 Å². The molecule has 0 unspecified atom stereocenters. The third-order valence-corrected chi connectivity index (χ3v) is 3.82. The van der Waals surface area contributed by atoms with Gasteiger partial charge in [0.25, 0.3) is 0 Å². The van der Waals surface area contributed by atoms with Crippen LogP contribution < -0.4 is 9.47 Å². The zero-order valence-corrected chi connectivity index (χ0v) is 13.0. The highest BCUT2D eigenvalue weighted by Crippen LogP contribution is 2.35. The SMILES string of the molecule is CCOc1cc2c(cc1CN(C)[C@@H](C)C(=O)O)O[C@H](C)C2. The van der Waals surface area contributed by atoms with Crippen LogP contribution in [0.2, 0.25) is 0 Å². The first kappa shape index (κ1) is 15.6. The van der Waals surface area contributed by atoms with Crippen molar-refractivity contribution in [3.05, 3.63) is 23.3 Å². The van der Waals surface area contributed by atoms with Gasteiger partial charge in [0, 0.05) is 24.1 Å². The van der Waals surface area contributed by atoms with Crippen LogP contribution in [0.5, 0.6) is 11.5 Å². The lowest BCUT2D eigenvalue weighted by atomic mass is 10.1. The van der Waals surface area contributed by atoms with Crippen LogP contribution in [0, 0.1) is 0 Å². The number of likely N-dealkylation sites (N-methyl/N-ethyl adjacent to an activating group) is 1. The highest BCUT2D eigenvalue weighted by Gasteiger charge is 2.24. The lowest BCUT2D eigenvalue weighted by Crippen LogP contribution is -2.35. The van der Waals surface area contributed by atoms with E-state index in [-0.39, 0.29) is 6.10 Å². The highest BCUT2D eigenvalue weighted by atomic mass is 16.5. The summed E-state index contributed by atoms with van der Waals surface area (Å²) in [4.78, 5) is 12.9. The number of nitrogens with zero attached hydrogens (tertiary/aromatic N) is 1. The predicted octanol–water partition coefficient (Wildman–Crippen LogP) is 2.31. The summed E-state index contributed by atoms with van der Waals surface area (Å²) in [6.45, 7) is 6.75. The molecule has 1 aromatic carbocycles. The lowest BCUT2D eigenvalue weighted by molar-refractivity contribution is -0.142. The van der Waals surface area contributed by atoms with Gasteiger partial charge in [0.15, 0.2) is 0 Å². The minimum atomic E-state index is -0.832. The van der Waals surface area contributed by atoms with E-state index < -0.39 is 12.0 Å². The van der Waals surface area contributed by atoms with Gasteiger partial charge >= 0.3 is 5.97 Å². The van der Waals surface area contributed by atoms with E-state index in [1.54, 1.807) is 18.9 Å². The molecule has 5 nitrogen and oxygen atoms in total. The van der Waals surface area contributed by atoms with E-state index in [0.29, 0.717) is 13.2 Å². The molecule has 2 rings (SSSR count). The maximum atomic E-state index is 11.1. The number of ether oxygens (including phenoxy) is 2. The van der Waals surface area contributed by atoms with Crippen molar-refractivity contribution in [3.63, 3.8) is 0 Å². The fourth-order valence-corrected chi connectivity index (χ4v) is 2.49. The van der Waals surface area contributed by atoms with Gasteiger partial charge in [0.1, 0.15) is 23.6 Å². The first-order valence-electron chi connectivity index (χ1n) is 7.30. The summed E-state index contributed by atoms with van der Waals surface area (Å²) in [7, 11) is 1.80. The highest BCUT2D eigenvalue weighted by molar-refractivity contribution is 5.72. The Morgan fingerprint density at radius 3 is 2.90 bits per heavy atom. The number of carboxylic acids is 1. The van der Waals surface area contributed by atoms with Crippen molar-refractivity contribution in [2.75, 3.05) is 13.7 Å². The Hall–Kier alpha value is -1.75. The molecule has 1 N–H and O–H groups in total. The van der Waals surface area contributed by atoms with Crippen molar-refractivity contribution < 1.29 is 19.4 Å². The Kier molecular flexibility index (Phi) is 4.73. The maximum Gasteiger partial charge on any atom is 0.320 e. The van der Waals surface area contributed by atoms with Crippen molar-refractivity contribution in [1.82, 2.24) is 4.90 Å². The zero-order valence-electron chi connectivity index (χ0n) is 13.0. The van der Waals surface area contributed by atoms with E-state index in [0.717, 1.165) is 29.0 Å². The Morgan fingerprint density at radius 1 is 1.57 bits per heavy atom. The Bertz CT molecular complexity index is 529. The maximum absolute atomic E-state index is 11.1. The standard InChI is InChI=1S/C16H23NO4/c1-5-20-14-7-12-6-10(2)21-15(12)8-13(14)9-17(4)11(3)16(18)19/h7-8,10-11H,5-6,9H2,1-4H3,(H,18,19)/t10-,11+/m1/s1. The van der Waals surface area contributed by atoms with Gasteiger partial charge in [0.05, 0.1) is 6.61 Å². The average Bonchev–Trinajstić information content (AvgIpc) is 2.77. The molecule has 1 aliphatic heterocycles. The second-order valence-corrected chi connectivity index (χ2v) is 5.56. The lowest BCUT2D eigenvalue weighted by Gasteiger charge is -2.23. The number of carboxylic acid groups (broad SMARTS) is 1. The van der Waals surface area contributed by atoms with Crippen LogP contribution in [-0.4, -0.2) is 41.8 Å². The van der Waals surface area contributed by atoms with E-state index in [4.69, 9.17) is 14.6 Å². The Balaban J connectivity index is 2.25. The minimum absolute atomic E-state index is 0.181. The second kappa shape index (κ2) is 6.35. The number of hydrogen-bond acceptors (Lipinski definition) is 4. The molecule has 0 bridgehead atoms. The quantitative estimate of drug-likeness (QED) is 0.872. The van der Waals surface area contributed by atoms with Crippen LogP contribution in [0.3, 0.4) is 0 Å². The summed E-state index contributed by atoms with van der Waals surface area (Å²) in [6.07, 6.45) is 1.07. The summed E-state index contributed by atoms with van der Waals surface area (Å²) >= 11 is 0. The number of hydrogen-bond donors (Lipinski definition) is 1. The van der Waals surface area contributed by atoms with Crippen LogP contribution in [0.4, 0.5) is 0 Å². The molecule has 5 heteroatoms. The van der Waals surface area contributed by atoms with Gasteiger partial charge in [-0.25, -0.2) is 0 Å². The first-order valence-corrected chi connectivity index (χ1v) is 7.30. The van der Waals surface area contributed by atoms with Crippen LogP contribution in [0.1, 0.15) is 31.9 Å². The number of carbonyl (C=O) groups is 1. The largest absolute Gasteiger partial charge is 0.494 e. The van der Waals surface area contributed by atoms with Crippen molar-refractivity contribution in [2.24, 2.45) is 0 Å². The molecule has 1 aliphatic rings. The smallest absolute Gasteiger partial charge is 0.320 e. The molecule has 0 saturated carbocycles. The van der Waals surface area contributed by atoms with E-state index in [1.807, 2.05) is 26.0 Å². The van der Waals surface area contributed by atoms with Crippen molar-refractivity contribution >= 4 is 5.97 Å². The molecule has 21 heavy (non-hydrogen) atoms. The topological polar surface area (TPSA) is 59.0 Å². The number of rotatable bonds is 6. The van der Waals surface area contributed by atoms with Gasteiger partial charge in [-0.05, 0) is 40.0 Å². The summed E-state index contributed by atoms with van der Waals surface area (Å²) in [6, 6.07) is 3.46. The summed E-state index contributed by atoms with van der Waals surface area (Å²) in [5, 5.41) is 9.10. The van der Waals surface area contributed by atoms with E-state index in [2.05, 4.69) is 0 Å². The molecule has 0 fully saturated rings. The van der Waals surface area contributed by atoms with Crippen LogP contribution in [0.25, 0.3) is 0 Å². The van der Waals surface area contributed by atoms with Crippen molar-refractivity contribution in [1.29, 1.82) is 0 Å². The monoisotopic (exact) mass is 293 g/mol. The van der Waals surface area contributed by atoms with Gasteiger partial charge in [-0.1, -0.05) is 0 Å². The Labute approximate surface area is 125 Å². The summed E-state index contributed by atoms with van der Waals surface area (Å²) in [5.41, 5.74) is 2.11. The van der Waals surface area contributed by atoms with Crippen LogP contribution in [0.15, 0.2) is 12.1 Å². The third-order valence-electron chi connectivity index (χ3n) is 3.82. The van der Waals surface area contributed by atoms with Crippen molar-refractivity contribution in [3.8, 4) is 11.5 Å². The Morgan fingerprint density at radius 2 is 2.29 bits per heavy atom. The van der Waals surface area contributed by atoms with Gasteiger partial charge in [-0.15, -0.1) is 0 Å². The molecular formula is C16H23NO4. The molecule has 0 amide bonds. The van der Waals surface area contributed by atoms with E-state index in [9.17, 15) is 4.79 Å². The van der Waals surface area contributed by atoms with Crippen LogP contribution >= 0.6 is 0 Å². The number of aliphatic carboxylic acids is 1.